The maximum atomic E-state index is 14.7. The molecule has 1 aromatic carbocycles. The maximum absolute atomic E-state index is 14.7. The number of nitrogens with two attached hydrogens (primary N) is 1. The number of methoxy groups -OCH3 is 5. The number of carbonyl (C=O) groups excluding carboxylic acids is 9. The Morgan fingerprint density at radius 1 is 0.756 bits per heavy atom. The van der Waals surface area contributed by atoms with Crippen LogP contribution in [0.3, 0.4) is 0 Å². The summed E-state index contributed by atoms with van der Waals surface area (Å²) in [6.45, 7) is 21.7. The van der Waals surface area contributed by atoms with Crippen LogP contribution in [0.1, 0.15) is 150 Å². The van der Waals surface area contributed by atoms with E-state index >= 15 is 0 Å². The second-order valence-corrected chi connectivity index (χ2v) is 37.9. The van der Waals surface area contributed by atoms with E-state index in [-0.39, 0.29) is 97.6 Å². The number of allylic oxidation sites excluding steroid dienone is 3. The first-order valence-electron chi connectivity index (χ1n) is 41.5. The molecule has 4 saturated heterocycles. The number of unbranched alkanes of at least 4 members (excludes halogenated alkanes) is 1. The van der Waals surface area contributed by atoms with Gasteiger partial charge in [0.05, 0.1) is 102 Å². The number of aliphatic hydroxyl groups is 5. The number of likely N-dealkylation sites (N-methyl/N-ethyl adjacent to an activating group) is 1. The van der Waals surface area contributed by atoms with Crippen molar-refractivity contribution in [2.75, 3.05) is 67.5 Å². The number of benzene rings is 1. The van der Waals surface area contributed by atoms with Crippen molar-refractivity contribution in [2.45, 2.75) is 291 Å². The van der Waals surface area contributed by atoms with E-state index in [0.717, 1.165) is 40.5 Å². The molecule has 127 heavy (non-hydrogen) atoms. The molecule has 40 nitrogen and oxygen atoms in total. The number of carboxylic acid groups (broad SMARTS) is 1. The van der Waals surface area contributed by atoms with E-state index in [1.54, 1.807) is 62.3 Å². The fourth-order valence-electron chi connectivity index (χ4n) is 14.8. The molecule has 0 unspecified atom stereocenters. The van der Waals surface area contributed by atoms with Crippen LogP contribution in [0.4, 0.5) is 14.4 Å². The third-order valence-electron chi connectivity index (χ3n) is 21.3. The smallest absolute Gasteiger partial charge is 0.411 e. The minimum atomic E-state index is -2.39. The van der Waals surface area contributed by atoms with Crippen LogP contribution in [0.25, 0.3) is 0 Å². The molecule has 1 aromatic rings. The molecule has 23 atom stereocenters. The van der Waals surface area contributed by atoms with Crippen LogP contribution < -0.4 is 68.0 Å². The predicted octanol–water partition coefficient (Wildman–Crippen LogP) is 2.54. The monoisotopic (exact) mass is 1960 g/mol. The maximum Gasteiger partial charge on any atom is 0.411 e. The first kappa shape index (κ1) is 107. The zero-order valence-corrected chi connectivity index (χ0v) is 79.0. The molecule has 710 valence electrons. The normalized spacial score (nSPS) is 28.5. The number of urea groups is 1. The molecule has 8 amide bonds. The van der Waals surface area contributed by atoms with E-state index in [9.17, 15) is 78.6 Å². The molecule has 0 spiro atoms. The Morgan fingerprint density at radius 3 is 2.04 bits per heavy atom. The summed E-state index contributed by atoms with van der Waals surface area (Å²) in [5.74, 6) is 5.03. The summed E-state index contributed by atoms with van der Waals surface area (Å²) < 4.78 is 76.9. The molecule has 6 aliphatic rings. The topological polar surface area (TPSA) is 556 Å². The SMILES string of the molecule is CCN[C@H]1CO[C@@H](O[C@H]2[C@H](O[C@H]3C#CC=CC#C[C@]4(O)CC(=O)C(NC(=O)OC)=C3/C4=C\CSSC(C)(C)[C@H](NC(=O)[C@H](CCCNC(N)=O)NC(=O)[C@@H](NC(=O)[C@H](CCCCNC(=O)OC(C)(C)C)NC(C)=O)C(C)C)C(=O)O)O[C@H](C)[C@@H](NO[C@H]3C[C@H](O)[C@H](SC(=O)c4c(C)c(I)c(O[C@@H]5O[C@@H](C)[C@H](O)[C@@H](OC)[C@H]5O)c(OC)c4OC)[C@@H](C)O3)[C@@H]2O)C[C@@H]1OC. The quantitative estimate of drug-likeness (QED) is 0.0147. The van der Waals surface area contributed by atoms with Crippen LogP contribution in [0.5, 0.6) is 17.2 Å². The third kappa shape index (κ3) is 29.3. The van der Waals surface area contributed by atoms with Crippen LogP contribution in [0, 0.1) is 40.1 Å². The highest BCUT2D eigenvalue weighted by atomic mass is 127. The van der Waals surface area contributed by atoms with E-state index < -0.39 is 220 Å². The number of alkyl carbamates (subject to hydrolysis) is 2. The Labute approximate surface area is 764 Å². The first-order chi connectivity index (χ1) is 59.9. The van der Waals surface area contributed by atoms with Crippen molar-refractivity contribution in [3.8, 4) is 40.9 Å². The number of primary amides is 1. The number of aliphatic carboxylic acids is 1. The van der Waals surface area contributed by atoms with Gasteiger partial charge in [0.15, 0.2) is 41.8 Å². The van der Waals surface area contributed by atoms with Gasteiger partial charge < -0.3 is 135 Å². The predicted molar refractivity (Wildman–Crippen MR) is 471 cm³/mol. The number of halogens is 1. The van der Waals surface area contributed by atoms with E-state index in [4.69, 9.17) is 72.2 Å². The zero-order valence-electron chi connectivity index (χ0n) is 74.4. The Bertz CT molecular complexity index is 4240. The lowest BCUT2D eigenvalue weighted by atomic mass is 9.75. The van der Waals surface area contributed by atoms with Crippen molar-refractivity contribution < 1.29 is 145 Å². The van der Waals surface area contributed by atoms with Gasteiger partial charge in [0.25, 0.3) is 0 Å². The number of aliphatic hydroxyl groups excluding tert-OH is 4. The summed E-state index contributed by atoms with van der Waals surface area (Å²) in [5, 5.41) is 90.2. The van der Waals surface area contributed by atoms with E-state index in [2.05, 4.69) is 71.7 Å². The summed E-state index contributed by atoms with van der Waals surface area (Å²) >= 11 is 2.74. The summed E-state index contributed by atoms with van der Waals surface area (Å²) in [7, 11) is 8.54. The van der Waals surface area contributed by atoms with Crippen molar-refractivity contribution >= 4 is 115 Å². The molecule has 2 bridgehead atoms. The highest BCUT2D eigenvalue weighted by Gasteiger charge is 2.53. The molecule has 4 fully saturated rings. The highest BCUT2D eigenvalue weighted by molar-refractivity contribution is 14.1. The van der Waals surface area contributed by atoms with E-state index in [1.807, 2.05) is 29.5 Å². The van der Waals surface area contributed by atoms with Gasteiger partial charge in [0.1, 0.15) is 66.4 Å². The summed E-state index contributed by atoms with van der Waals surface area (Å²) in [5.41, 5.74) is 4.67. The van der Waals surface area contributed by atoms with Crippen molar-refractivity contribution in [1.29, 1.82) is 0 Å². The number of carbonyl (C=O) groups is 10. The van der Waals surface area contributed by atoms with Gasteiger partial charge in [-0.15, -0.1) is 0 Å². The number of Topliss-reactive ketones (excluding diaryl/α,β-unsaturated/α-hetero) is 1. The molecular formula is C83H123IN10O30S3. The zero-order chi connectivity index (χ0) is 94.3. The lowest BCUT2D eigenvalue weighted by molar-refractivity contribution is -0.336. The minimum absolute atomic E-state index is 0.0132. The molecule has 44 heteroatoms. The van der Waals surface area contributed by atoms with Gasteiger partial charge in [-0.05, 0) is 147 Å². The number of amides is 8. The lowest BCUT2D eigenvalue weighted by Crippen LogP contribution is -2.65. The van der Waals surface area contributed by atoms with Crippen LogP contribution in [-0.4, -0.2) is 307 Å². The number of carboxylic acids is 1. The largest absolute Gasteiger partial charge is 0.492 e. The van der Waals surface area contributed by atoms with Crippen molar-refractivity contribution in [3.63, 3.8) is 0 Å². The molecule has 0 saturated carbocycles. The second kappa shape index (κ2) is 49.2. The van der Waals surface area contributed by atoms with Crippen molar-refractivity contribution in [2.24, 2.45) is 11.7 Å². The van der Waals surface area contributed by atoms with Crippen LogP contribution in [-0.2, 0) is 81.0 Å². The van der Waals surface area contributed by atoms with Crippen molar-refractivity contribution in [1.82, 2.24) is 48.0 Å². The van der Waals surface area contributed by atoms with Gasteiger partial charge in [-0.1, -0.05) is 83.9 Å². The fraction of sp³-hybridized carbons (Fsp3) is 0.687. The summed E-state index contributed by atoms with van der Waals surface area (Å²) in [6, 6.07) is -8.10. The standard InChI is InChI=1S/C83H123IN10O30S3/c1-19-86-48-38-116-53(36-52(48)111-14)121-67-62(99)59(94-124-54-35-49(96)69(43(7)117-54)126-75(106)55-40(4)57(84)65(68(114-17)64(55)112-15)122-76-63(100)66(113-16)61(98)42(6)119-76)41(5)118-77(67)120-51-29-22-20-21-24-31-83(110)37-50(97)60(92-80(109)115-18)56(51)45(83)30-34-125-127-82(12,13)70(74(104)105)93-72(102)47(28-26-33-87-78(85)107)90-73(103)58(39(2)3)91-71(101)46(89-44(8)95)27-23-25-32-88-79(108)123-81(9,10)11/h20-21,30,39,41-43,46-49,51-54,58-59,61-63,66-67,69-70,76-77,86,94,96,98-100,110H,19,23,25-28,32-38H2,1-18H3,(H,88,108)(H,89,95)(H,90,103)(H,91,101)(H,92,109)(H,93,102)(H,104,105)(H3,85,87,107)/b21-20?,45-30+/t41-,42+,43-,46+,47+,48+,49+,51+,52+,53+,54+,58+,59-,61+,62+,63-,66-,67-,69-,70-,76+,77+,83+/m1/s1. The number of fused-ring (bicyclic) bond motifs is 2. The third-order valence-corrected chi connectivity index (χ3v) is 27.1. The van der Waals surface area contributed by atoms with Gasteiger partial charge in [-0.25, -0.2) is 19.2 Å². The average molecular weight is 1960 g/mol. The number of nitrogens with one attached hydrogen (secondary N) is 9. The number of ether oxygens (including phenoxy) is 13. The second-order valence-electron chi connectivity index (χ2n) is 32.7. The van der Waals surface area contributed by atoms with Gasteiger partial charge in [0.2, 0.25) is 40.8 Å². The molecule has 2 aliphatic carbocycles. The number of hydrogen-bond acceptors (Lipinski definition) is 34. The number of hydrogen-bond donors (Lipinski definition) is 16. The number of ketones is 1. The molecular weight excluding hydrogens is 1840 g/mol. The van der Waals surface area contributed by atoms with Gasteiger partial charge in [-0.3, -0.25) is 38.9 Å². The summed E-state index contributed by atoms with van der Waals surface area (Å²) in [6.07, 6.45) is -16.6. The number of hydroxylamine groups is 1. The molecule has 4 heterocycles. The molecule has 0 aromatic heterocycles. The van der Waals surface area contributed by atoms with E-state index in [1.165, 1.54) is 67.4 Å². The number of thioether (sulfide) groups is 1. The van der Waals surface area contributed by atoms with Crippen LogP contribution >= 0.6 is 55.9 Å². The Kier molecular flexibility index (Phi) is 41.3. The summed E-state index contributed by atoms with van der Waals surface area (Å²) in [4.78, 5) is 142. The Hall–Kier alpha value is -7.40. The highest BCUT2D eigenvalue weighted by Crippen LogP contribution is 2.50. The van der Waals surface area contributed by atoms with Gasteiger partial charge >= 0.3 is 24.2 Å². The molecule has 0 radical (unpaired) electrons. The average Bonchev–Trinajstić information content (AvgIpc) is 0.754. The van der Waals surface area contributed by atoms with Crippen LogP contribution in [0.2, 0.25) is 0 Å². The Balaban J connectivity index is 1.12. The van der Waals surface area contributed by atoms with Gasteiger partial charge in [-0.2, -0.15) is 5.48 Å². The van der Waals surface area contributed by atoms with Crippen LogP contribution in [0.15, 0.2) is 35.1 Å². The first-order valence-corrected chi connectivity index (χ1v) is 45.7. The number of rotatable bonds is 41. The molecule has 17 N–H and O–H groups in total. The lowest BCUT2D eigenvalue weighted by Gasteiger charge is -2.46. The Morgan fingerprint density at radius 2 is 1.42 bits per heavy atom. The molecule has 7 rings (SSSR count). The van der Waals surface area contributed by atoms with E-state index in [0.29, 0.717) is 28.5 Å². The molecule has 4 aliphatic heterocycles. The fourth-order valence-corrected chi connectivity index (χ4v) is 19.0. The minimum Gasteiger partial charge on any atom is -0.492 e. The van der Waals surface area contributed by atoms with Crippen molar-refractivity contribution in [3.05, 3.63) is 49.8 Å². The van der Waals surface area contributed by atoms with Gasteiger partial charge in [0, 0.05) is 64.0 Å².